The number of nitrogen functional groups attached to an aromatic ring is 1. The Kier molecular flexibility index (Phi) is 4.96. The van der Waals surface area contributed by atoms with E-state index in [1.54, 1.807) is 0 Å². The summed E-state index contributed by atoms with van der Waals surface area (Å²) in [5.41, 5.74) is 8.84. The van der Waals surface area contributed by atoms with Crippen molar-refractivity contribution in [2.24, 2.45) is 0 Å². The molecule has 1 amide bonds. The molecule has 23 heavy (non-hydrogen) atoms. The maximum atomic E-state index is 12.2. The van der Waals surface area contributed by atoms with E-state index >= 15 is 0 Å². The van der Waals surface area contributed by atoms with Gasteiger partial charge in [-0.2, -0.15) is 0 Å². The quantitative estimate of drug-likeness (QED) is 0.847. The number of nitrogens with two attached hydrogens (primary N) is 1. The van der Waals surface area contributed by atoms with Crippen molar-refractivity contribution in [1.29, 1.82) is 0 Å². The van der Waals surface area contributed by atoms with E-state index in [9.17, 15) is 4.79 Å². The van der Waals surface area contributed by atoms with Gasteiger partial charge in [0.1, 0.15) is 0 Å². The number of carbonyl (C=O) groups is 1. The lowest BCUT2D eigenvalue weighted by atomic mass is 9.82. The second-order valence-corrected chi connectivity index (χ2v) is 6.45. The molecule has 2 aromatic rings. The number of amides is 1. The number of hydrogen-bond donors (Lipinski definition) is 2. The molecule has 3 heteroatoms. The largest absolute Gasteiger partial charge is 0.399 e. The van der Waals surface area contributed by atoms with Crippen LogP contribution in [0.5, 0.6) is 0 Å². The summed E-state index contributed by atoms with van der Waals surface area (Å²) >= 11 is 0. The van der Waals surface area contributed by atoms with Crippen LogP contribution in [0.4, 0.5) is 5.69 Å². The van der Waals surface area contributed by atoms with E-state index < -0.39 is 0 Å². The summed E-state index contributed by atoms with van der Waals surface area (Å²) in [6.45, 7) is 0. The van der Waals surface area contributed by atoms with Gasteiger partial charge in [-0.25, -0.2) is 0 Å². The molecule has 0 unspecified atom stereocenters. The summed E-state index contributed by atoms with van der Waals surface area (Å²) in [6, 6.07) is 18.5. The zero-order valence-electron chi connectivity index (χ0n) is 13.4. The normalized spacial score (nSPS) is 20.9. The monoisotopic (exact) mass is 308 g/mol. The molecule has 0 aromatic heterocycles. The maximum Gasteiger partial charge on any atom is 0.224 e. The van der Waals surface area contributed by atoms with Crippen LogP contribution >= 0.6 is 0 Å². The fourth-order valence-electron chi connectivity index (χ4n) is 3.40. The molecule has 0 spiro atoms. The van der Waals surface area contributed by atoms with Gasteiger partial charge in [-0.3, -0.25) is 4.79 Å². The van der Waals surface area contributed by atoms with Crippen molar-refractivity contribution in [2.45, 2.75) is 44.1 Å². The maximum absolute atomic E-state index is 12.2. The molecule has 3 nitrogen and oxygen atoms in total. The average Bonchev–Trinajstić information content (AvgIpc) is 2.58. The average molecular weight is 308 g/mol. The fraction of sp³-hybridized carbons (Fsp3) is 0.350. The van der Waals surface area contributed by atoms with Crippen LogP contribution in [-0.4, -0.2) is 11.9 Å². The topological polar surface area (TPSA) is 55.1 Å². The van der Waals surface area contributed by atoms with Crippen LogP contribution in [0.3, 0.4) is 0 Å². The molecule has 0 heterocycles. The molecule has 0 bridgehead atoms. The Morgan fingerprint density at radius 3 is 2.26 bits per heavy atom. The highest BCUT2D eigenvalue weighted by Gasteiger charge is 2.23. The smallest absolute Gasteiger partial charge is 0.224 e. The Bertz CT molecular complexity index is 628. The van der Waals surface area contributed by atoms with Crippen molar-refractivity contribution in [1.82, 2.24) is 5.32 Å². The third-order valence-corrected chi connectivity index (χ3v) is 4.71. The van der Waals surface area contributed by atoms with Gasteiger partial charge in [0.2, 0.25) is 5.91 Å². The van der Waals surface area contributed by atoms with Gasteiger partial charge in [-0.15, -0.1) is 0 Å². The summed E-state index contributed by atoms with van der Waals surface area (Å²) in [5, 5.41) is 3.18. The SMILES string of the molecule is Nc1ccc(CC(=O)NC2CCC(c3ccccc3)CC2)cc1. The molecule has 1 aliphatic carbocycles. The number of hydrogen-bond acceptors (Lipinski definition) is 2. The highest BCUT2D eigenvalue weighted by Crippen LogP contribution is 2.32. The van der Waals surface area contributed by atoms with Gasteiger partial charge in [0.05, 0.1) is 6.42 Å². The highest BCUT2D eigenvalue weighted by atomic mass is 16.1. The molecule has 2 aromatic carbocycles. The van der Waals surface area contributed by atoms with Gasteiger partial charge in [0.25, 0.3) is 0 Å². The first kappa shape index (κ1) is 15.6. The summed E-state index contributed by atoms with van der Waals surface area (Å²) in [5.74, 6) is 0.749. The van der Waals surface area contributed by atoms with Crippen LogP contribution in [0.1, 0.15) is 42.7 Å². The summed E-state index contributed by atoms with van der Waals surface area (Å²) in [7, 11) is 0. The van der Waals surface area contributed by atoms with E-state index in [1.807, 2.05) is 24.3 Å². The number of carbonyl (C=O) groups excluding carboxylic acids is 1. The van der Waals surface area contributed by atoms with Crippen molar-refractivity contribution in [3.8, 4) is 0 Å². The molecule has 120 valence electrons. The van der Waals surface area contributed by atoms with Crippen molar-refractivity contribution in [3.05, 3.63) is 65.7 Å². The van der Waals surface area contributed by atoms with Crippen LogP contribution in [0.2, 0.25) is 0 Å². The van der Waals surface area contributed by atoms with E-state index in [-0.39, 0.29) is 5.91 Å². The van der Waals surface area contributed by atoms with Crippen LogP contribution in [0.25, 0.3) is 0 Å². The molecular formula is C20H24N2O. The number of benzene rings is 2. The Balaban J connectivity index is 1.47. The third kappa shape index (κ3) is 4.35. The van der Waals surface area contributed by atoms with Crippen molar-refractivity contribution < 1.29 is 4.79 Å². The Morgan fingerprint density at radius 2 is 1.61 bits per heavy atom. The predicted molar refractivity (Wildman–Crippen MR) is 94.1 cm³/mol. The van der Waals surface area contributed by atoms with E-state index in [4.69, 9.17) is 5.73 Å². The fourth-order valence-corrected chi connectivity index (χ4v) is 3.40. The van der Waals surface area contributed by atoms with E-state index in [0.29, 0.717) is 18.4 Å². The molecule has 1 aliphatic rings. The van der Waals surface area contributed by atoms with Gasteiger partial charge < -0.3 is 11.1 Å². The van der Waals surface area contributed by atoms with Gasteiger partial charge in [-0.05, 0) is 54.9 Å². The van der Waals surface area contributed by atoms with Crippen LogP contribution < -0.4 is 11.1 Å². The van der Waals surface area contributed by atoms with Crippen molar-refractivity contribution in [2.75, 3.05) is 5.73 Å². The summed E-state index contributed by atoms with van der Waals surface area (Å²) < 4.78 is 0. The van der Waals surface area contributed by atoms with Crippen molar-refractivity contribution in [3.63, 3.8) is 0 Å². The van der Waals surface area contributed by atoms with Crippen LogP contribution in [0.15, 0.2) is 54.6 Å². The summed E-state index contributed by atoms with van der Waals surface area (Å²) in [4.78, 5) is 12.2. The molecule has 1 saturated carbocycles. The molecule has 0 radical (unpaired) electrons. The molecule has 0 aliphatic heterocycles. The number of nitrogens with one attached hydrogen (secondary N) is 1. The highest BCUT2D eigenvalue weighted by molar-refractivity contribution is 5.79. The second-order valence-electron chi connectivity index (χ2n) is 6.45. The third-order valence-electron chi connectivity index (χ3n) is 4.71. The minimum absolute atomic E-state index is 0.109. The van der Waals surface area contributed by atoms with Crippen LogP contribution in [-0.2, 0) is 11.2 Å². The van der Waals surface area contributed by atoms with Crippen molar-refractivity contribution >= 4 is 11.6 Å². The van der Waals surface area contributed by atoms with Gasteiger partial charge >= 0.3 is 0 Å². The van der Waals surface area contributed by atoms with Gasteiger partial charge in [0, 0.05) is 11.7 Å². The van der Waals surface area contributed by atoms with Gasteiger partial charge in [-0.1, -0.05) is 42.5 Å². The first-order valence-electron chi connectivity index (χ1n) is 8.39. The zero-order chi connectivity index (χ0) is 16.1. The van der Waals surface area contributed by atoms with E-state index in [1.165, 1.54) is 5.56 Å². The minimum Gasteiger partial charge on any atom is -0.399 e. The first-order chi connectivity index (χ1) is 11.2. The number of anilines is 1. The zero-order valence-corrected chi connectivity index (χ0v) is 13.4. The first-order valence-corrected chi connectivity index (χ1v) is 8.39. The number of rotatable bonds is 4. The lowest BCUT2D eigenvalue weighted by Gasteiger charge is -2.29. The predicted octanol–water partition coefficient (Wildman–Crippen LogP) is 3.65. The molecular weight excluding hydrogens is 284 g/mol. The lowest BCUT2D eigenvalue weighted by Crippen LogP contribution is -2.38. The van der Waals surface area contributed by atoms with E-state index in [0.717, 1.165) is 36.9 Å². The lowest BCUT2D eigenvalue weighted by molar-refractivity contribution is -0.121. The Hall–Kier alpha value is -2.29. The molecule has 0 atom stereocenters. The standard InChI is InChI=1S/C20H24N2O/c21-18-10-6-15(7-11-18)14-20(23)22-19-12-8-17(9-13-19)16-4-2-1-3-5-16/h1-7,10-11,17,19H,8-9,12-14,21H2,(H,22,23). The summed E-state index contributed by atoms with van der Waals surface area (Å²) in [6.07, 6.45) is 4.85. The van der Waals surface area contributed by atoms with Crippen LogP contribution in [0, 0.1) is 0 Å². The molecule has 3 rings (SSSR count). The molecule has 0 saturated heterocycles. The molecule has 3 N–H and O–H groups in total. The van der Waals surface area contributed by atoms with Gasteiger partial charge in [0.15, 0.2) is 0 Å². The second kappa shape index (κ2) is 7.32. The Morgan fingerprint density at radius 1 is 0.957 bits per heavy atom. The molecule has 1 fully saturated rings. The minimum atomic E-state index is 0.109. The Labute approximate surface area is 137 Å². The van der Waals surface area contributed by atoms with E-state index in [2.05, 4.69) is 35.6 Å².